The monoisotopic (exact) mass is 244 g/mol. The third-order valence-electron chi connectivity index (χ3n) is 3.16. The molecule has 1 saturated heterocycles. The fraction of sp³-hybridized carbons (Fsp3) is 0.385. The molecule has 94 valence electrons. The first kappa shape index (κ1) is 11.4. The number of aromatic nitrogens is 2. The van der Waals surface area contributed by atoms with E-state index in [1.54, 1.807) is 0 Å². The molecule has 0 aliphatic carbocycles. The lowest BCUT2D eigenvalue weighted by Crippen LogP contribution is -2.46. The predicted octanol–water partition coefficient (Wildman–Crippen LogP) is 0.794. The van der Waals surface area contributed by atoms with E-state index in [2.05, 4.69) is 14.9 Å². The highest BCUT2D eigenvalue weighted by atomic mass is 16.5. The summed E-state index contributed by atoms with van der Waals surface area (Å²) in [6, 6.07) is 7.99. The Balaban J connectivity index is 1.89. The SMILES string of the molecule is NCC1CN(c2ncc3ccccc3n2)CCO1. The van der Waals surface area contributed by atoms with E-state index in [4.69, 9.17) is 10.5 Å². The third kappa shape index (κ3) is 2.14. The molecule has 1 aromatic carbocycles. The molecule has 0 amide bonds. The van der Waals surface area contributed by atoms with Crippen LogP contribution in [0.2, 0.25) is 0 Å². The number of morpholine rings is 1. The van der Waals surface area contributed by atoms with Gasteiger partial charge in [0.2, 0.25) is 5.95 Å². The Morgan fingerprint density at radius 2 is 2.28 bits per heavy atom. The Morgan fingerprint density at radius 1 is 1.39 bits per heavy atom. The van der Waals surface area contributed by atoms with Gasteiger partial charge >= 0.3 is 0 Å². The number of hydrogen-bond acceptors (Lipinski definition) is 5. The summed E-state index contributed by atoms with van der Waals surface area (Å²) < 4.78 is 5.54. The van der Waals surface area contributed by atoms with Crippen molar-refractivity contribution in [2.45, 2.75) is 6.10 Å². The lowest BCUT2D eigenvalue weighted by Gasteiger charge is -2.32. The van der Waals surface area contributed by atoms with E-state index in [1.807, 2.05) is 30.5 Å². The van der Waals surface area contributed by atoms with Crippen LogP contribution in [0, 0.1) is 0 Å². The number of rotatable bonds is 2. The molecule has 1 aliphatic heterocycles. The fourth-order valence-electron chi connectivity index (χ4n) is 2.16. The lowest BCUT2D eigenvalue weighted by atomic mass is 10.2. The Hall–Kier alpha value is -1.72. The fourth-order valence-corrected chi connectivity index (χ4v) is 2.16. The minimum Gasteiger partial charge on any atom is -0.373 e. The highest BCUT2D eigenvalue weighted by Crippen LogP contribution is 2.16. The van der Waals surface area contributed by atoms with Gasteiger partial charge in [0.25, 0.3) is 0 Å². The van der Waals surface area contributed by atoms with Gasteiger partial charge in [-0.05, 0) is 6.07 Å². The topological polar surface area (TPSA) is 64.3 Å². The van der Waals surface area contributed by atoms with Crippen molar-refractivity contribution in [1.82, 2.24) is 9.97 Å². The highest BCUT2D eigenvalue weighted by Gasteiger charge is 2.21. The Labute approximate surface area is 106 Å². The van der Waals surface area contributed by atoms with Gasteiger partial charge in [0.1, 0.15) is 0 Å². The van der Waals surface area contributed by atoms with Crippen molar-refractivity contribution in [2.24, 2.45) is 5.73 Å². The number of para-hydroxylation sites is 1. The van der Waals surface area contributed by atoms with Crippen LogP contribution in [0.25, 0.3) is 10.9 Å². The number of benzene rings is 1. The molecule has 1 atom stereocenters. The maximum absolute atomic E-state index is 5.64. The maximum atomic E-state index is 5.64. The van der Waals surface area contributed by atoms with Gasteiger partial charge in [0.15, 0.2) is 0 Å². The van der Waals surface area contributed by atoms with E-state index < -0.39 is 0 Å². The van der Waals surface area contributed by atoms with Crippen molar-refractivity contribution >= 4 is 16.9 Å². The molecule has 0 bridgehead atoms. The number of ether oxygens (including phenoxy) is 1. The van der Waals surface area contributed by atoms with Crippen LogP contribution in [0.1, 0.15) is 0 Å². The molecule has 0 radical (unpaired) electrons. The van der Waals surface area contributed by atoms with Crippen LogP contribution in [0.5, 0.6) is 0 Å². The van der Waals surface area contributed by atoms with Gasteiger partial charge in [0, 0.05) is 31.2 Å². The number of fused-ring (bicyclic) bond motifs is 1. The molecular weight excluding hydrogens is 228 g/mol. The summed E-state index contributed by atoms with van der Waals surface area (Å²) in [6.45, 7) is 2.78. The van der Waals surface area contributed by atoms with Gasteiger partial charge in [-0.25, -0.2) is 9.97 Å². The van der Waals surface area contributed by atoms with Crippen molar-refractivity contribution < 1.29 is 4.74 Å². The van der Waals surface area contributed by atoms with E-state index in [-0.39, 0.29) is 6.10 Å². The van der Waals surface area contributed by atoms with Crippen LogP contribution in [-0.2, 0) is 4.74 Å². The first-order valence-electron chi connectivity index (χ1n) is 6.15. The van der Waals surface area contributed by atoms with Gasteiger partial charge in [-0.2, -0.15) is 0 Å². The van der Waals surface area contributed by atoms with Crippen LogP contribution in [-0.4, -0.2) is 42.3 Å². The van der Waals surface area contributed by atoms with Crippen molar-refractivity contribution in [2.75, 3.05) is 31.1 Å². The van der Waals surface area contributed by atoms with Gasteiger partial charge in [-0.3, -0.25) is 0 Å². The van der Waals surface area contributed by atoms with E-state index in [1.165, 1.54) is 0 Å². The maximum Gasteiger partial charge on any atom is 0.226 e. The predicted molar refractivity (Wildman–Crippen MR) is 70.5 cm³/mol. The number of nitrogens with two attached hydrogens (primary N) is 1. The number of nitrogens with zero attached hydrogens (tertiary/aromatic N) is 3. The summed E-state index contributed by atoms with van der Waals surface area (Å²) in [5.41, 5.74) is 6.61. The average molecular weight is 244 g/mol. The van der Waals surface area contributed by atoms with Gasteiger partial charge in [-0.1, -0.05) is 18.2 Å². The summed E-state index contributed by atoms with van der Waals surface area (Å²) in [6.07, 6.45) is 1.94. The molecule has 5 nitrogen and oxygen atoms in total. The molecule has 3 rings (SSSR count). The second kappa shape index (κ2) is 4.88. The normalized spacial score (nSPS) is 20.3. The van der Waals surface area contributed by atoms with Crippen LogP contribution in [0.4, 0.5) is 5.95 Å². The first-order chi connectivity index (χ1) is 8.86. The van der Waals surface area contributed by atoms with Gasteiger partial charge in [0.05, 0.1) is 18.2 Å². The smallest absolute Gasteiger partial charge is 0.226 e. The summed E-state index contributed by atoms with van der Waals surface area (Å²) in [5.74, 6) is 0.760. The van der Waals surface area contributed by atoms with Crippen molar-refractivity contribution in [1.29, 1.82) is 0 Å². The number of anilines is 1. The van der Waals surface area contributed by atoms with E-state index in [0.717, 1.165) is 29.9 Å². The lowest BCUT2D eigenvalue weighted by molar-refractivity contribution is 0.0460. The van der Waals surface area contributed by atoms with Crippen LogP contribution in [0.3, 0.4) is 0 Å². The molecule has 5 heteroatoms. The molecule has 18 heavy (non-hydrogen) atoms. The van der Waals surface area contributed by atoms with E-state index in [0.29, 0.717) is 13.2 Å². The summed E-state index contributed by atoms with van der Waals surface area (Å²) in [4.78, 5) is 11.1. The Morgan fingerprint density at radius 3 is 3.17 bits per heavy atom. The van der Waals surface area contributed by atoms with Crippen LogP contribution < -0.4 is 10.6 Å². The van der Waals surface area contributed by atoms with Crippen molar-refractivity contribution in [3.8, 4) is 0 Å². The second-order valence-corrected chi connectivity index (χ2v) is 4.40. The molecular formula is C13H16N4O. The second-order valence-electron chi connectivity index (χ2n) is 4.40. The summed E-state index contributed by atoms with van der Waals surface area (Å²) in [5, 5.41) is 1.06. The minimum atomic E-state index is 0.0776. The molecule has 0 saturated carbocycles. The van der Waals surface area contributed by atoms with Gasteiger partial charge in [-0.15, -0.1) is 0 Å². The first-order valence-corrected chi connectivity index (χ1v) is 6.15. The molecule has 1 unspecified atom stereocenters. The standard InChI is InChI=1S/C13H16N4O/c14-7-11-9-17(5-6-18-11)13-15-8-10-3-1-2-4-12(10)16-13/h1-4,8,11H,5-7,9,14H2. The average Bonchev–Trinajstić information content (AvgIpc) is 2.47. The largest absolute Gasteiger partial charge is 0.373 e. The Bertz CT molecular complexity index is 545. The van der Waals surface area contributed by atoms with Crippen molar-refractivity contribution in [3.05, 3.63) is 30.5 Å². The zero-order valence-electron chi connectivity index (χ0n) is 10.1. The molecule has 1 aromatic heterocycles. The Kier molecular flexibility index (Phi) is 3.08. The molecule has 2 aromatic rings. The number of hydrogen-bond donors (Lipinski definition) is 1. The van der Waals surface area contributed by atoms with E-state index >= 15 is 0 Å². The molecule has 2 N–H and O–H groups in total. The van der Waals surface area contributed by atoms with Crippen LogP contribution >= 0.6 is 0 Å². The highest BCUT2D eigenvalue weighted by molar-refractivity contribution is 5.78. The molecule has 0 spiro atoms. The summed E-state index contributed by atoms with van der Waals surface area (Å²) >= 11 is 0. The van der Waals surface area contributed by atoms with Crippen LogP contribution in [0.15, 0.2) is 30.5 Å². The third-order valence-corrected chi connectivity index (χ3v) is 3.16. The molecule has 2 heterocycles. The van der Waals surface area contributed by atoms with Gasteiger partial charge < -0.3 is 15.4 Å². The zero-order chi connectivity index (χ0) is 12.4. The summed E-state index contributed by atoms with van der Waals surface area (Å²) in [7, 11) is 0. The minimum absolute atomic E-state index is 0.0776. The molecule has 1 aliphatic rings. The zero-order valence-corrected chi connectivity index (χ0v) is 10.1. The quantitative estimate of drug-likeness (QED) is 0.846. The molecule has 1 fully saturated rings. The van der Waals surface area contributed by atoms with Crippen molar-refractivity contribution in [3.63, 3.8) is 0 Å². The van der Waals surface area contributed by atoms with E-state index in [9.17, 15) is 0 Å².